The van der Waals surface area contributed by atoms with E-state index in [1.165, 1.54) is 22.5 Å². The van der Waals surface area contributed by atoms with Crippen LogP contribution in [-0.4, -0.2) is 4.57 Å². The molecule has 0 spiro atoms. The van der Waals surface area contributed by atoms with E-state index in [1.54, 1.807) is 0 Å². The second kappa shape index (κ2) is 11.1. The molecule has 194 valence electrons. The van der Waals surface area contributed by atoms with Crippen molar-refractivity contribution in [1.82, 2.24) is 4.57 Å². The lowest BCUT2D eigenvalue weighted by Crippen LogP contribution is -2.37. The van der Waals surface area contributed by atoms with Crippen molar-refractivity contribution in [2.24, 2.45) is 0 Å². The van der Waals surface area contributed by atoms with Crippen molar-refractivity contribution < 1.29 is 4.57 Å². The largest absolute Gasteiger partial charge is 0.299 e. The minimum atomic E-state index is 0.328. The summed E-state index contributed by atoms with van der Waals surface area (Å²) in [5.74, 6) is 1.77. The summed E-state index contributed by atoms with van der Waals surface area (Å²) in [4.78, 5) is 0. The Morgan fingerprint density at radius 3 is 1.72 bits per heavy atom. The van der Waals surface area contributed by atoms with E-state index in [1.807, 2.05) is 12.2 Å². The van der Waals surface area contributed by atoms with E-state index in [4.69, 9.17) is 0 Å². The molecule has 0 unspecified atom stereocenters. The van der Waals surface area contributed by atoms with Crippen LogP contribution in [0.2, 0.25) is 0 Å². The monoisotopic (exact) mass is 509 g/mol. The second-order valence-electron chi connectivity index (χ2n) is 10.6. The number of para-hydroxylation sites is 2. The summed E-state index contributed by atoms with van der Waals surface area (Å²) < 4.78 is 4.83. The average Bonchev–Trinajstić information content (AvgIpc) is 3.36. The van der Waals surface area contributed by atoms with Crippen LogP contribution in [0.5, 0.6) is 0 Å². The molecule has 0 saturated heterocycles. The molecule has 1 aromatic heterocycles. The van der Waals surface area contributed by atoms with Crippen molar-refractivity contribution in [1.29, 1.82) is 0 Å². The highest BCUT2D eigenvalue weighted by Crippen LogP contribution is 2.36. The van der Waals surface area contributed by atoms with Gasteiger partial charge in [0.1, 0.15) is 17.6 Å². The van der Waals surface area contributed by atoms with Crippen molar-refractivity contribution in [3.05, 3.63) is 139 Å². The van der Waals surface area contributed by atoms with E-state index >= 15 is 0 Å². The number of hydrogen-bond donors (Lipinski definition) is 0. The zero-order valence-electron chi connectivity index (χ0n) is 23.4. The minimum absolute atomic E-state index is 0.328. The van der Waals surface area contributed by atoms with Gasteiger partial charge in [-0.1, -0.05) is 138 Å². The maximum absolute atomic E-state index is 4.22. The first-order valence-corrected chi connectivity index (χ1v) is 13.8. The number of benzene rings is 4. The Bertz CT molecular complexity index is 1620. The van der Waals surface area contributed by atoms with Crippen LogP contribution in [0.15, 0.2) is 116 Å². The van der Waals surface area contributed by atoms with Crippen molar-refractivity contribution in [2.75, 3.05) is 0 Å². The Morgan fingerprint density at radius 2 is 1.15 bits per heavy atom. The maximum Gasteiger partial charge on any atom is 0.299 e. The fourth-order valence-electron chi connectivity index (χ4n) is 5.49. The molecule has 5 aromatic rings. The van der Waals surface area contributed by atoms with Crippen LogP contribution in [0.3, 0.4) is 0 Å². The van der Waals surface area contributed by atoms with Crippen LogP contribution in [0.1, 0.15) is 61.8 Å². The number of imidazole rings is 1. The predicted octanol–water partition coefficient (Wildman–Crippen LogP) is 9.62. The van der Waals surface area contributed by atoms with Gasteiger partial charge in [-0.3, -0.25) is 0 Å². The molecule has 0 N–H and O–H groups in total. The lowest BCUT2D eigenvalue weighted by molar-refractivity contribution is -0.572. The Hall–Kier alpha value is -4.43. The fraction of sp³-hybridized carbons (Fsp3) is 0.162. The normalized spacial score (nSPS) is 11.2. The summed E-state index contributed by atoms with van der Waals surface area (Å²) >= 11 is 0. The Morgan fingerprint density at radius 1 is 0.615 bits per heavy atom. The van der Waals surface area contributed by atoms with Gasteiger partial charge >= 0.3 is 0 Å². The van der Waals surface area contributed by atoms with Gasteiger partial charge in [-0.15, -0.1) is 0 Å². The predicted molar refractivity (Wildman–Crippen MR) is 167 cm³/mol. The summed E-state index contributed by atoms with van der Waals surface area (Å²) in [6, 6.07) is 34.5. The lowest BCUT2D eigenvalue weighted by Gasteiger charge is -2.17. The molecule has 0 radical (unpaired) electrons. The summed E-state index contributed by atoms with van der Waals surface area (Å²) in [5.41, 5.74) is 10.5. The molecule has 1 heterocycles. The highest BCUT2D eigenvalue weighted by atomic mass is 15.2. The van der Waals surface area contributed by atoms with Crippen molar-refractivity contribution in [3.8, 4) is 34.0 Å². The fourth-order valence-corrected chi connectivity index (χ4v) is 5.49. The molecule has 0 atom stereocenters. The smallest absolute Gasteiger partial charge is 0.194 e. The number of hydrogen-bond acceptors (Lipinski definition) is 0. The molecule has 4 aromatic carbocycles. The first kappa shape index (κ1) is 26.2. The van der Waals surface area contributed by atoms with Gasteiger partial charge in [0.15, 0.2) is 5.69 Å². The Balaban J connectivity index is 2.04. The molecule has 0 fully saturated rings. The standard InChI is InChI=1S/C37H37N2/c1-7-28-21-15-23-32(26(3)4)35(28)38-25-34(30-17-11-9-12-18-30)39(37(38)31-19-13-10-14-20-31)36-29(8-2)22-16-24-33(36)27(5)6/h7-27H,1-2H2,3-6H3/q+1. The molecule has 0 amide bonds. The van der Waals surface area contributed by atoms with Crippen LogP contribution in [-0.2, 0) is 0 Å². The van der Waals surface area contributed by atoms with Crippen LogP contribution in [0, 0.1) is 0 Å². The van der Waals surface area contributed by atoms with Crippen molar-refractivity contribution in [3.63, 3.8) is 0 Å². The van der Waals surface area contributed by atoms with E-state index in [0.717, 1.165) is 33.8 Å². The van der Waals surface area contributed by atoms with E-state index in [0.29, 0.717) is 11.8 Å². The summed E-state index contributed by atoms with van der Waals surface area (Å²) in [5, 5.41) is 0. The molecule has 2 heteroatoms. The Kier molecular flexibility index (Phi) is 7.47. The topological polar surface area (TPSA) is 8.81 Å². The molecular weight excluding hydrogens is 472 g/mol. The third-order valence-corrected chi connectivity index (χ3v) is 7.38. The molecule has 0 aliphatic rings. The zero-order valence-corrected chi connectivity index (χ0v) is 23.4. The molecule has 0 bridgehead atoms. The first-order valence-electron chi connectivity index (χ1n) is 13.8. The molecule has 0 aliphatic heterocycles. The molecule has 0 saturated carbocycles. The lowest BCUT2D eigenvalue weighted by atomic mass is 9.96. The van der Waals surface area contributed by atoms with Crippen LogP contribution < -0.4 is 4.57 Å². The van der Waals surface area contributed by atoms with Gasteiger partial charge in [0.25, 0.3) is 5.82 Å². The van der Waals surface area contributed by atoms with Crippen molar-refractivity contribution >= 4 is 12.2 Å². The molecule has 5 rings (SSSR count). The average molecular weight is 510 g/mol. The minimum Gasteiger partial charge on any atom is -0.194 e. The second-order valence-corrected chi connectivity index (χ2v) is 10.6. The number of aromatic nitrogens is 2. The van der Waals surface area contributed by atoms with Gasteiger partial charge in [0.2, 0.25) is 0 Å². The summed E-state index contributed by atoms with van der Waals surface area (Å²) in [7, 11) is 0. The van der Waals surface area contributed by atoms with Gasteiger partial charge in [-0.2, -0.15) is 9.13 Å². The zero-order chi connectivity index (χ0) is 27.5. The van der Waals surface area contributed by atoms with Crippen LogP contribution >= 0.6 is 0 Å². The van der Waals surface area contributed by atoms with Gasteiger partial charge in [-0.25, -0.2) is 0 Å². The molecule has 2 nitrogen and oxygen atoms in total. The number of nitrogens with zero attached hydrogens (tertiary/aromatic N) is 2. The SMILES string of the molecule is C=Cc1cccc(C(C)C)c1-n1cc(-c2ccccc2)[n+](-c2c(C=C)cccc2C(C)C)c1-c1ccccc1. The van der Waals surface area contributed by atoms with E-state index in [2.05, 4.69) is 153 Å². The van der Waals surface area contributed by atoms with Crippen LogP contribution in [0.4, 0.5) is 0 Å². The van der Waals surface area contributed by atoms with E-state index in [-0.39, 0.29) is 0 Å². The summed E-state index contributed by atoms with van der Waals surface area (Å²) in [6.07, 6.45) is 6.25. The van der Waals surface area contributed by atoms with E-state index < -0.39 is 0 Å². The quantitative estimate of drug-likeness (QED) is 0.184. The van der Waals surface area contributed by atoms with E-state index in [9.17, 15) is 0 Å². The summed E-state index contributed by atoms with van der Waals surface area (Å²) in [6.45, 7) is 17.5. The highest BCUT2D eigenvalue weighted by molar-refractivity contribution is 5.71. The third-order valence-electron chi connectivity index (χ3n) is 7.38. The number of rotatable bonds is 8. The molecule has 39 heavy (non-hydrogen) atoms. The van der Waals surface area contributed by atoms with Crippen molar-refractivity contribution in [2.45, 2.75) is 39.5 Å². The maximum atomic E-state index is 4.22. The van der Waals surface area contributed by atoms with Gasteiger partial charge in [-0.05, 0) is 24.0 Å². The first-order chi connectivity index (χ1) is 19.0. The van der Waals surface area contributed by atoms with Gasteiger partial charge in [0, 0.05) is 27.8 Å². The van der Waals surface area contributed by atoms with Crippen LogP contribution in [0.25, 0.3) is 46.2 Å². The molecule has 0 aliphatic carbocycles. The Labute approximate surface area is 233 Å². The highest BCUT2D eigenvalue weighted by Gasteiger charge is 2.33. The van der Waals surface area contributed by atoms with Gasteiger partial charge < -0.3 is 0 Å². The third kappa shape index (κ3) is 4.79. The molecular formula is C37H37N2+. The van der Waals surface area contributed by atoms with Gasteiger partial charge in [0.05, 0.1) is 5.56 Å².